The summed E-state index contributed by atoms with van der Waals surface area (Å²) >= 11 is 0. The lowest BCUT2D eigenvalue weighted by molar-refractivity contribution is 0.203. The fourth-order valence-corrected chi connectivity index (χ4v) is 4.18. The van der Waals surface area contributed by atoms with Crippen molar-refractivity contribution in [3.05, 3.63) is 85.0 Å². The van der Waals surface area contributed by atoms with Gasteiger partial charge in [-0.2, -0.15) is 0 Å². The van der Waals surface area contributed by atoms with Crippen LogP contribution in [0.1, 0.15) is 36.0 Å². The van der Waals surface area contributed by atoms with Gasteiger partial charge in [0.15, 0.2) is 0 Å². The molecule has 0 atom stereocenters. The van der Waals surface area contributed by atoms with Gasteiger partial charge in [-0.15, -0.1) is 19.7 Å². The summed E-state index contributed by atoms with van der Waals surface area (Å²) in [6, 6.07) is 10.6. The fourth-order valence-electron chi connectivity index (χ4n) is 4.18. The highest BCUT2D eigenvalue weighted by Crippen LogP contribution is 2.40. The first-order chi connectivity index (χ1) is 15.5. The van der Waals surface area contributed by atoms with Crippen LogP contribution in [0.5, 0.6) is 11.5 Å². The van der Waals surface area contributed by atoms with E-state index >= 15 is 0 Å². The summed E-state index contributed by atoms with van der Waals surface area (Å²) in [6.07, 6.45) is 9.87. The van der Waals surface area contributed by atoms with Crippen LogP contribution in [0.25, 0.3) is 11.1 Å². The van der Waals surface area contributed by atoms with Gasteiger partial charge in [0, 0.05) is 29.3 Å². The van der Waals surface area contributed by atoms with Crippen molar-refractivity contribution < 1.29 is 9.84 Å². The number of nitrogens with two attached hydrogens (primary N) is 1. The van der Waals surface area contributed by atoms with Gasteiger partial charge in [0.2, 0.25) is 0 Å². The maximum Gasteiger partial charge on any atom is 0.128 e. The number of allylic oxidation sites excluding steroid dienone is 2. The summed E-state index contributed by atoms with van der Waals surface area (Å²) in [5, 5.41) is 11.4. The highest BCUT2D eigenvalue weighted by molar-refractivity contribution is 5.78. The molecular formula is C28H36N2O2. The third kappa shape index (κ3) is 6.12. The average Bonchev–Trinajstić information content (AvgIpc) is 2.79. The van der Waals surface area contributed by atoms with Crippen molar-refractivity contribution in [3.63, 3.8) is 0 Å². The summed E-state index contributed by atoms with van der Waals surface area (Å²) in [7, 11) is 0. The van der Waals surface area contributed by atoms with E-state index in [0.717, 1.165) is 78.8 Å². The zero-order chi connectivity index (χ0) is 22.9. The van der Waals surface area contributed by atoms with E-state index in [0.29, 0.717) is 18.9 Å². The molecule has 1 saturated heterocycles. The Morgan fingerprint density at radius 2 is 1.66 bits per heavy atom. The number of hydrogen-bond donors (Lipinski definition) is 2. The zero-order valence-corrected chi connectivity index (χ0v) is 19.1. The summed E-state index contributed by atoms with van der Waals surface area (Å²) in [5.74, 6) is 1.08. The van der Waals surface area contributed by atoms with E-state index < -0.39 is 0 Å². The lowest BCUT2D eigenvalue weighted by atomic mass is 9.94. The molecule has 0 saturated carbocycles. The lowest BCUT2D eigenvalue weighted by Gasteiger charge is -2.30. The molecule has 0 bridgehead atoms. The Balaban J connectivity index is 2.03. The molecule has 3 N–H and O–H groups in total. The first-order valence-electron chi connectivity index (χ1n) is 11.5. The van der Waals surface area contributed by atoms with Crippen molar-refractivity contribution in [3.8, 4) is 22.6 Å². The van der Waals surface area contributed by atoms with E-state index in [1.54, 1.807) is 0 Å². The third-order valence-corrected chi connectivity index (χ3v) is 5.95. The first kappa shape index (κ1) is 23.8. The summed E-state index contributed by atoms with van der Waals surface area (Å²) in [6.45, 7) is 14.7. The largest absolute Gasteiger partial charge is 0.507 e. The number of benzene rings is 2. The van der Waals surface area contributed by atoms with Crippen LogP contribution in [0.4, 0.5) is 0 Å². The maximum atomic E-state index is 11.4. The number of aromatic hydroxyl groups is 1. The lowest BCUT2D eigenvalue weighted by Crippen LogP contribution is -2.39. The van der Waals surface area contributed by atoms with Crippen molar-refractivity contribution in [2.75, 3.05) is 19.7 Å². The molecule has 1 aliphatic rings. The van der Waals surface area contributed by atoms with Crippen molar-refractivity contribution in [1.29, 1.82) is 0 Å². The second-order valence-electron chi connectivity index (χ2n) is 8.51. The first-order valence-corrected chi connectivity index (χ1v) is 11.5. The molecule has 1 aliphatic heterocycles. The van der Waals surface area contributed by atoms with Crippen LogP contribution >= 0.6 is 0 Å². The number of likely N-dealkylation sites (tertiary alicyclic amines) is 1. The van der Waals surface area contributed by atoms with Crippen molar-refractivity contribution >= 4 is 0 Å². The molecule has 0 aliphatic carbocycles. The van der Waals surface area contributed by atoms with E-state index in [2.05, 4.69) is 48.9 Å². The highest BCUT2D eigenvalue weighted by Gasteiger charge is 2.20. The molecule has 0 spiro atoms. The molecule has 4 heteroatoms. The van der Waals surface area contributed by atoms with Gasteiger partial charge in [-0.3, -0.25) is 4.90 Å². The van der Waals surface area contributed by atoms with Gasteiger partial charge in [-0.25, -0.2) is 0 Å². The van der Waals surface area contributed by atoms with Gasteiger partial charge in [0.1, 0.15) is 11.5 Å². The van der Waals surface area contributed by atoms with E-state index in [9.17, 15) is 5.11 Å². The number of phenolic OH excluding ortho intramolecular Hbond substituents is 1. The Morgan fingerprint density at radius 3 is 2.34 bits per heavy atom. The molecule has 32 heavy (non-hydrogen) atoms. The third-order valence-electron chi connectivity index (χ3n) is 5.95. The van der Waals surface area contributed by atoms with E-state index in [1.165, 1.54) is 0 Å². The number of piperidine rings is 1. The van der Waals surface area contributed by atoms with Crippen LogP contribution < -0.4 is 10.5 Å². The number of hydrogen-bond acceptors (Lipinski definition) is 4. The minimum atomic E-state index is 0.283. The SMILES string of the molecule is C=CCCOc1ccc(CC=C)cc1-c1cc(CC=C)cc(CN2CCC(N)CC2)c1O. The van der Waals surface area contributed by atoms with E-state index in [4.69, 9.17) is 10.5 Å². The number of ether oxygens (including phenoxy) is 1. The maximum absolute atomic E-state index is 11.4. The van der Waals surface area contributed by atoms with Gasteiger partial charge < -0.3 is 15.6 Å². The molecule has 0 amide bonds. The zero-order valence-electron chi connectivity index (χ0n) is 19.1. The molecule has 2 aromatic carbocycles. The average molecular weight is 433 g/mol. The van der Waals surface area contributed by atoms with E-state index in [-0.39, 0.29) is 6.04 Å². The topological polar surface area (TPSA) is 58.7 Å². The fraction of sp³-hybridized carbons (Fsp3) is 0.357. The summed E-state index contributed by atoms with van der Waals surface area (Å²) in [5.41, 5.74) is 11.0. The minimum absolute atomic E-state index is 0.283. The normalized spacial score (nSPS) is 14.8. The van der Waals surface area contributed by atoms with Crippen LogP contribution in [-0.2, 0) is 19.4 Å². The quantitative estimate of drug-likeness (QED) is 0.369. The highest BCUT2D eigenvalue weighted by atomic mass is 16.5. The predicted octanol–water partition coefficient (Wildman–Crippen LogP) is 5.39. The van der Waals surface area contributed by atoms with Crippen LogP contribution in [0, 0.1) is 0 Å². The van der Waals surface area contributed by atoms with Crippen molar-refractivity contribution in [2.24, 2.45) is 5.73 Å². The van der Waals surface area contributed by atoms with Crippen LogP contribution in [0.2, 0.25) is 0 Å². The number of nitrogens with zero attached hydrogens (tertiary/aromatic N) is 1. The predicted molar refractivity (Wildman–Crippen MR) is 134 cm³/mol. The smallest absolute Gasteiger partial charge is 0.128 e. The molecule has 0 radical (unpaired) electrons. The number of phenols is 1. The Bertz CT molecular complexity index is 943. The van der Waals surface area contributed by atoms with Crippen molar-refractivity contribution in [2.45, 2.75) is 44.7 Å². The van der Waals surface area contributed by atoms with Gasteiger partial charge in [0.05, 0.1) is 6.61 Å². The molecule has 3 rings (SSSR count). The Kier molecular flexibility index (Phi) is 8.72. The molecule has 1 heterocycles. The second kappa shape index (κ2) is 11.7. The minimum Gasteiger partial charge on any atom is -0.507 e. The monoisotopic (exact) mass is 432 g/mol. The summed E-state index contributed by atoms with van der Waals surface area (Å²) in [4.78, 5) is 2.37. The molecule has 170 valence electrons. The van der Waals surface area contributed by atoms with Crippen LogP contribution in [0.3, 0.4) is 0 Å². The van der Waals surface area contributed by atoms with Gasteiger partial charge in [-0.1, -0.05) is 30.4 Å². The molecule has 1 fully saturated rings. The second-order valence-corrected chi connectivity index (χ2v) is 8.51. The summed E-state index contributed by atoms with van der Waals surface area (Å²) < 4.78 is 6.07. The van der Waals surface area contributed by atoms with Gasteiger partial charge in [0.25, 0.3) is 0 Å². The van der Waals surface area contributed by atoms with E-state index in [1.807, 2.05) is 24.3 Å². The Morgan fingerprint density at radius 1 is 0.969 bits per heavy atom. The van der Waals surface area contributed by atoms with Gasteiger partial charge in [-0.05, 0) is 74.5 Å². The molecule has 0 aromatic heterocycles. The Labute approximate surface area is 192 Å². The van der Waals surface area contributed by atoms with Crippen LogP contribution in [0.15, 0.2) is 68.3 Å². The standard InChI is InChI=1S/C28H36N2O2/c1-4-7-16-32-27-11-10-21(8-5-2)18-25(27)26-19-22(9-6-3)17-23(28(26)31)20-30-14-12-24(29)13-15-30/h4-6,10-11,17-19,24,31H,1-3,7-9,12-16,20,29H2. The van der Waals surface area contributed by atoms with Gasteiger partial charge >= 0.3 is 0 Å². The Hall–Kier alpha value is -2.82. The molecule has 4 nitrogen and oxygen atoms in total. The van der Waals surface area contributed by atoms with Crippen LogP contribution in [-0.4, -0.2) is 35.7 Å². The molecular weight excluding hydrogens is 396 g/mol. The molecule has 0 unspecified atom stereocenters. The molecule has 2 aromatic rings. The number of rotatable bonds is 11. The van der Waals surface area contributed by atoms with Crippen molar-refractivity contribution in [1.82, 2.24) is 4.90 Å².